The Labute approximate surface area is 77.3 Å². The van der Waals surface area contributed by atoms with E-state index < -0.39 is 0 Å². The van der Waals surface area contributed by atoms with E-state index in [1.165, 1.54) is 12.8 Å². The van der Waals surface area contributed by atoms with Crippen molar-refractivity contribution in [2.45, 2.75) is 46.7 Å². The summed E-state index contributed by atoms with van der Waals surface area (Å²) in [5.41, 5.74) is 0. The van der Waals surface area contributed by atoms with Crippen molar-refractivity contribution in [1.29, 1.82) is 0 Å². The SMILES string of the molecule is CCCC(NCC)N(CC)CC. The Balaban J connectivity index is 3.86. The molecular formula is C10H24N2. The topological polar surface area (TPSA) is 15.3 Å². The molecule has 0 rings (SSSR count). The quantitative estimate of drug-likeness (QED) is 0.591. The van der Waals surface area contributed by atoms with Crippen LogP contribution in [0.5, 0.6) is 0 Å². The zero-order chi connectivity index (χ0) is 9.40. The summed E-state index contributed by atoms with van der Waals surface area (Å²) in [6, 6.07) is 0. The number of nitrogens with zero attached hydrogens (tertiary/aromatic N) is 1. The largest absolute Gasteiger partial charge is 0.302 e. The summed E-state index contributed by atoms with van der Waals surface area (Å²) in [6.07, 6.45) is 3.11. The fourth-order valence-electron chi connectivity index (χ4n) is 1.59. The maximum atomic E-state index is 3.51. The lowest BCUT2D eigenvalue weighted by Crippen LogP contribution is -2.45. The molecule has 1 unspecified atom stereocenters. The fourth-order valence-corrected chi connectivity index (χ4v) is 1.59. The number of hydrogen-bond acceptors (Lipinski definition) is 2. The highest BCUT2D eigenvalue weighted by Gasteiger charge is 2.11. The third-order valence-electron chi connectivity index (χ3n) is 2.25. The van der Waals surface area contributed by atoms with Crippen LogP contribution in [0.2, 0.25) is 0 Å². The first kappa shape index (κ1) is 11.9. The molecule has 0 radical (unpaired) electrons. The van der Waals surface area contributed by atoms with Gasteiger partial charge in [-0.1, -0.05) is 34.1 Å². The van der Waals surface area contributed by atoms with Gasteiger partial charge in [0.1, 0.15) is 0 Å². The van der Waals surface area contributed by atoms with Crippen LogP contribution in [0, 0.1) is 0 Å². The number of hydrogen-bond donors (Lipinski definition) is 1. The Kier molecular flexibility index (Phi) is 7.51. The van der Waals surface area contributed by atoms with E-state index in [2.05, 4.69) is 37.9 Å². The molecule has 12 heavy (non-hydrogen) atoms. The van der Waals surface area contributed by atoms with E-state index in [1.54, 1.807) is 0 Å². The van der Waals surface area contributed by atoms with Crippen LogP contribution in [0.1, 0.15) is 40.5 Å². The minimum absolute atomic E-state index is 0.593. The average Bonchev–Trinajstić information content (AvgIpc) is 2.07. The molecule has 0 aromatic carbocycles. The summed E-state index contributed by atoms with van der Waals surface area (Å²) >= 11 is 0. The molecule has 0 aliphatic rings. The van der Waals surface area contributed by atoms with Gasteiger partial charge in [0, 0.05) is 0 Å². The van der Waals surface area contributed by atoms with Crippen molar-refractivity contribution >= 4 is 0 Å². The van der Waals surface area contributed by atoms with Crippen LogP contribution >= 0.6 is 0 Å². The van der Waals surface area contributed by atoms with Gasteiger partial charge in [0.05, 0.1) is 6.17 Å². The Morgan fingerprint density at radius 2 is 1.67 bits per heavy atom. The van der Waals surface area contributed by atoms with Gasteiger partial charge < -0.3 is 5.32 Å². The number of rotatable bonds is 7. The van der Waals surface area contributed by atoms with E-state index in [0.717, 1.165) is 19.6 Å². The molecule has 0 spiro atoms. The summed E-state index contributed by atoms with van der Waals surface area (Å²) < 4.78 is 0. The van der Waals surface area contributed by atoms with Crippen molar-refractivity contribution in [2.24, 2.45) is 0 Å². The predicted molar refractivity (Wildman–Crippen MR) is 55.3 cm³/mol. The maximum absolute atomic E-state index is 3.51. The summed E-state index contributed by atoms with van der Waals surface area (Å²) in [6.45, 7) is 12.2. The molecule has 1 N–H and O–H groups in total. The number of nitrogens with one attached hydrogen (secondary N) is 1. The lowest BCUT2D eigenvalue weighted by atomic mass is 10.2. The maximum Gasteiger partial charge on any atom is 0.0596 e. The molecule has 2 nitrogen and oxygen atoms in total. The summed E-state index contributed by atoms with van der Waals surface area (Å²) in [7, 11) is 0. The van der Waals surface area contributed by atoms with Crippen molar-refractivity contribution in [3.8, 4) is 0 Å². The van der Waals surface area contributed by atoms with Crippen LogP contribution in [-0.4, -0.2) is 30.7 Å². The van der Waals surface area contributed by atoms with E-state index in [9.17, 15) is 0 Å². The lowest BCUT2D eigenvalue weighted by Gasteiger charge is -2.29. The summed E-state index contributed by atoms with van der Waals surface area (Å²) in [5, 5.41) is 3.51. The van der Waals surface area contributed by atoms with Gasteiger partial charge in [-0.25, -0.2) is 0 Å². The highest BCUT2D eigenvalue weighted by Crippen LogP contribution is 2.02. The smallest absolute Gasteiger partial charge is 0.0596 e. The predicted octanol–water partition coefficient (Wildman–Crippen LogP) is 2.06. The third kappa shape index (κ3) is 4.07. The van der Waals surface area contributed by atoms with Gasteiger partial charge in [-0.05, 0) is 26.1 Å². The highest BCUT2D eigenvalue weighted by atomic mass is 15.3. The zero-order valence-electron chi connectivity index (χ0n) is 9.06. The zero-order valence-corrected chi connectivity index (χ0v) is 9.06. The second-order valence-corrected chi connectivity index (χ2v) is 3.08. The van der Waals surface area contributed by atoms with E-state index in [1.807, 2.05) is 0 Å². The molecule has 2 heteroatoms. The minimum Gasteiger partial charge on any atom is -0.302 e. The second-order valence-electron chi connectivity index (χ2n) is 3.08. The van der Waals surface area contributed by atoms with Gasteiger partial charge in [-0.15, -0.1) is 0 Å². The first-order chi connectivity index (χ1) is 5.79. The second kappa shape index (κ2) is 7.56. The van der Waals surface area contributed by atoms with Crippen molar-refractivity contribution in [3.63, 3.8) is 0 Å². The van der Waals surface area contributed by atoms with Gasteiger partial charge in [0.2, 0.25) is 0 Å². The molecule has 0 fully saturated rings. The Morgan fingerprint density at radius 1 is 1.08 bits per heavy atom. The monoisotopic (exact) mass is 172 g/mol. The van der Waals surface area contributed by atoms with Crippen molar-refractivity contribution in [1.82, 2.24) is 10.2 Å². The van der Waals surface area contributed by atoms with Gasteiger partial charge in [0.15, 0.2) is 0 Å². The normalized spacial score (nSPS) is 13.8. The van der Waals surface area contributed by atoms with Gasteiger partial charge >= 0.3 is 0 Å². The molecule has 1 atom stereocenters. The Bertz CT molecular complexity index is 83.8. The van der Waals surface area contributed by atoms with Crippen molar-refractivity contribution in [2.75, 3.05) is 19.6 Å². The van der Waals surface area contributed by atoms with Crippen LogP contribution in [0.25, 0.3) is 0 Å². The average molecular weight is 172 g/mol. The molecule has 0 aliphatic carbocycles. The van der Waals surface area contributed by atoms with E-state index in [0.29, 0.717) is 6.17 Å². The molecule has 0 aliphatic heterocycles. The van der Waals surface area contributed by atoms with Crippen LogP contribution in [0.4, 0.5) is 0 Å². The standard InChI is InChI=1S/C10H24N2/c1-5-9-10(11-6-2)12(7-3)8-4/h10-11H,5-9H2,1-4H3. The van der Waals surface area contributed by atoms with Crippen molar-refractivity contribution in [3.05, 3.63) is 0 Å². The molecule has 0 amide bonds. The van der Waals surface area contributed by atoms with Gasteiger partial charge in [-0.3, -0.25) is 4.90 Å². The van der Waals surface area contributed by atoms with Gasteiger partial charge in [0.25, 0.3) is 0 Å². The summed E-state index contributed by atoms with van der Waals surface area (Å²) in [4.78, 5) is 2.48. The Hall–Kier alpha value is -0.0800. The van der Waals surface area contributed by atoms with Crippen LogP contribution in [-0.2, 0) is 0 Å². The van der Waals surface area contributed by atoms with Crippen LogP contribution in [0.15, 0.2) is 0 Å². The minimum atomic E-state index is 0.593. The van der Waals surface area contributed by atoms with Crippen LogP contribution in [0.3, 0.4) is 0 Å². The third-order valence-corrected chi connectivity index (χ3v) is 2.25. The first-order valence-corrected chi connectivity index (χ1v) is 5.27. The molecule has 0 aromatic rings. The Morgan fingerprint density at radius 3 is 2.00 bits per heavy atom. The molecule has 0 bridgehead atoms. The highest BCUT2D eigenvalue weighted by molar-refractivity contribution is 4.65. The molecule has 0 saturated carbocycles. The van der Waals surface area contributed by atoms with Crippen molar-refractivity contribution < 1.29 is 0 Å². The lowest BCUT2D eigenvalue weighted by molar-refractivity contribution is 0.173. The molecule has 0 saturated heterocycles. The van der Waals surface area contributed by atoms with Crippen LogP contribution < -0.4 is 5.32 Å². The van der Waals surface area contributed by atoms with E-state index in [4.69, 9.17) is 0 Å². The molecule has 0 aromatic heterocycles. The molecule has 0 heterocycles. The van der Waals surface area contributed by atoms with Gasteiger partial charge in [-0.2, -0.15) is 0 Å². The van der Waals surface area contributed by atoms with E-state index >= 15 is 0 Å². The summed E-state index contributed by atoms with van der Waals surface area (Å²) in [5.74, 6) is 0. The molecular weight excluding hydrogens is 148 g/mol. The fraction of sp³-hybridized carbons (Fsp3) is 1.00. The first-order valence-electron chi connectivity index (χ1n) is 5.27. The van der Waals surface area contributed by atoms with E-state index in [-0.39, 0.29) is 0 Å². The molecule has 74 valence electrons.